The lowest BCUT2D eigenvalue weighted by Crippen LogP contribution is -2.07. The molecule has 0 saturated carbocycles. The molecule has 17 heavy (non-hydrogen) atoms. The van der Waals surface area contributed by atoms with Gasteiger partial charge in [-0.1, -0.05) is 29.5 Å². The van der Waals surface area contributed by atoms with E-state index in [0.717, 1.165) is 27.2 Å². The molecule has 4 heteroatoms. The summed E-state index contributed by atoms with van der Waals surface area (Å²) in [4.78, 5) is 1.05. The van der Waals surface area contributed by atoms with Gasteiger partial charge < -0.3 is 5.32 Å². The molecular formula is C13H20INOS. The number of halogens is 1. The second-order valence-corrected chi connectivity index (χ2v) is 6.37. The highest BCUT2D eigenvalue weighted by molar-refractivity contribution is 14.1. The van der Waals surface area contributed by atoms with Gasteiger partial charge in [-0.3, -0.25) is 4.21 Å². The van der Waals surface area contributed by atoms with Crippen molar-refractivity contribution in [2.75, 3.05) is 18.1 Å². The van der Waals surface area contributed by atoms with Crippen LogP contribution in [0.1, 0.15) is 30.0 Å². The predicted molar refractivity (Wildman–Crippen MR) is 84.8 cm³/mol. The van der Waals surface area contributed by atoms with Crippen LogP contribution >= 0.6 is 22.6 Å². The summed E-state index contributed by atoms with van der Waals surface area (Å²) in [6.07, 6.45) is 0.958. The van der Waals surface area contributed by atoms with Crippen LogP contribution in [0, 0.1) is 13.8 Å². The van der Waals surface area contributed by atoms with Crippen LogP contribution in [0.5, 0.6) is 0 Å². The number of anilines is 1. The quantitative estimate of drug-likeness (QED) is 0.635. The van der Waals surface area contributed by atoms with Crippen molar-refractivity contribution in [3.8, 4) is 0 Å². The topological polar surface area (TPSA) is 29.1 Å². The van der Waals surface area contributed by atoms with Crippen LogP contribution in [-0.4, -0.2) is 17.0 Å². The zero-order valence-corrected chi connectivity index (χ0v) is 13.9. The minimum atomic E-state index is -0.860. The van der Waals surface area contributed by atoms with Crippen LogP contribution < -0.4 is 5.32 Å². The van der Waals surface area contributed by atoms with Crippen molar-refractivity contribution in [2.24, 2.45) is 0 Å². The zero-order valence-electron chi connectivity index (χ0n) is 10.9. The Kier molecular flexibility index (Phi) is 5.92. The van der Waals surface area contributed by atoms with Gasteiger partial charge in [-0.25, -0.2) is 0 Å². The monoisotopic (exact) mass is 365 g/mol. The highest BCUT2D eigenvalue weighted by Crippen LogP contribution is 2.30. The van der Waals surface area contributed by atoms with Crippen molar-refractivity contribution in [2.45, 2.75) is 36.5 Å². The Labute approximate surface area is 120 Å². The molecule has 0 radical (unpaired) electrons. The number of nitrogens with one attached hydrogen (secondary N) is 1. The molecule has 0 saturated heterocycles. The van der Waals surface area contributed by atoms with E-state index < -0.39 is 10.8 Å². The normalized spacial score (nSPS) is 12.5. The Balaban J connectivity index is 3.37. The maximum Gasteiger partial charge on any atom is 0.0535 e. The van der Waals surface area contributed by atoms with Gasteiger partial charge in [0.05, 0.1) is 10.8 Å². The second-order valence-electron chi connectivity index (χ2n) is 4.10. The average molecular weight is 365 g/mol. The number of benzene rings is 1. The van der Waals surface area contributed by atoms with Crippen LogP contribution in [0.3, 0.4) is 0 Å². The standard InChI is InChI=1S/C13H20INOS/c1-5-6-17(16)13-10(3)9(2)12(15-4)7-11(13)8-14/h7,15H,5-6,8H2,1-4H3. The molecule has 0 aromatic heterocycles. The summed E-state index contributed by atoms with van der Waals surface area (Å²) in [7, 11) is 1.07. The fourth-order valence-corrected chi connectivity index (χ4v) is 4.28. The van der Waals surface area contributed by atoms with E-state index in [1.54, 1.807) is 0 Å². The minimum absolute atomic E-state index is 0.753. The Hall–Kier alpha value is -0.100. The molecule has 1 aromatic rings. The van der Waals surface area contributed by atoms with Crippen molar-refractivity contribution in [3.63, 3.8) is 0 Å². The smallest absolute Gasteiger partial charge is 0.0535 e. The van der Waals surface area contributed by atoms with Crippen molar-refractivity contribution in [3.05, 3.63) is 22.8 Å². The maximum absolute atomic E-state index is 12.3. The highest BCUT2D eigenvalue weighted by Gasteiger charge is 2.16. The summed E-state index contributed by atoms with van der Waals surface area (Å²) >= 11 is 2.34. The van der Waals surface area contributed by atoms with E-state index in [0.29, 0.717) is 0 Å². The first-order valence-electron chi connectivity index (χ1n) is 5.81. The Morgan fingerprint density at radius 2 is 2.00 bits per heavy atom. The van der Waals surface area contributed by atoms with Crippen LogP contribution in [-0.2, 0) is 15.2 Å². The van der Waals surface area contributed by atoms with E-state index in [9.17, 15) is 4.21 Å². The van der Waals surface area contributed by atoms with Gasteiger partial charge in [-0.15, -0.1) is 0 Å². The van der Waals surface area contributed by atoms with Gasteiger partial charge in [-0.05, 0) is 43.0 Å². The van der Waals surface area contributed by atoms with E-state index in [-0.39, 0.29) is 0 Å². The Morgan fingerprint density at radius 1 is 1.35 bits per heavy atom. The summed E-state index contributed by atoms with van der Waals surface area (Å²) in [5, 5.41) is 3.21. The first-order chi connectivity index (χ1) is 8.06. The summed E-state index contributed by atoms with van der Waals surface area (Å²) in [5.41, 5.74) is 4.73. The molecule has 1 aromatic carbocycles. The largest absolute Gasteiger partial charge is 0.388 e. The third kappa shape index (κ3) is 3.22. The molecule has 1 N–H and O–H groups in total. The molecule has 1 atom stereocenters. The first kappa shape index (κ1) is 15.0. The highest BCUT2D eigenvalue weighted by atomic mass is 127. The van der Waals surface area contributed by atoms with Crippen LogP contribution in [0.4, 0.5) is 5.69 Å². The Bertz CT molecular complexity index is 432. The van der Waals surface area contributed by atoms with Crippen molar-refractivity contribution < 1.29 is 4.21 Å². The molecular weight excluding hydrogens is 345 g/mol. The number of hydrogen-bond acceptors (Lipinski definition) is 2. The van der Waals surface area contributed by atoms with Crippen molar-refractivity contribution in [1.82, 2.24) is 0 Å². The fraction of sp³-hybridized carbons (Fsp3) is 0.538. The summed E-state index contributed by atoms with van der Waals surface area (Å²) < 4.78 is 13.2. The molecule has 96 valence electrons. The number of rotatable bonds is 5. The van der Waals surface area contributed by atoms with Gasteiger partial charge in [0.1, 0.15) is 0 Å². The molecule has 0 fully saturated rings. The van der Waals surface area contributed by atoms with Crippen LogP contribution in [0.15, 0.2) is 11.0 Å². The van der Waals surface area contributed by atoms with Gasteiger partial charge >= 0.3 is 0 Å². The van der Waals surface area contributed by atoms with Gasteiger partial charge in [0.15, 0.2) is 0 Å². The average Bonchev–Trinajstić information content (AvgIpc) is 2.32. The van der Waals surface area contributed by atoms with E-state index in [1.165, 1.54) is 16.7 Å². The third-order valence-corrected chi connectivity index (χ3v) is 5.57. The molecule has 0 heterocycles. The van der Waals surface area contributed by atoms with Gasteiger partial charge in [0.25, 0.3) is 0 Å². The molecule has 0 amide bonds. The molecule has 0 aliphatic carbocycles. The zero-order chi connectivity index (χ0) is 13.0. The Morgan fingerprint density at radius 3 is 2.47 bits per heavy atom. The first-order valence-corrected chi connectivity index (χ1v) is 8.66. The van der Waals surface area contributed by atoms with Crippen LogP contribution in [0.25, 0.3) is 0 Å². The lowest BCUT2D eigenvalue weighted by molar-refractivity contribution is 0.680. The van der Waals surface area contributed by atoms with E-state index >= 15 is 0 Å². The predicted octanol–water partition coefficient (Wildman–Crippen LogP) is 3.80. The van der Waals surface area contributed by atoms with Crippen LogP contribution in [0.2, 0.25) is 0 Å². The molecule has 1 rings (SSSR count). The molecule has 2 nitrogen and oxygen atoms in total. The minimum Gasteiger partial charge on any atom is -0.388 e. The van der Waals surface area contributed by atoms with E-state index in [2.05, 4.69) is 54.7 Å². The second kappa shape index (κ2) is 6.73. The lowest BCUT2D eigenvalue weighted by atomic mass is 10.0. The SMILES string of the molecule is CCCS(=O)c1c(CI)cc(NC)c(C)c1C. The number of alkyl halides is 1. The van der Waals surface area contributed by atoms with E-state index in [1.807, 2.05) is 7.05 Å². The summed E-state index contributed by atoms with van der Waals surface area (Å²) in [6, 6.07) is 2.14. The van der Waals surface area contributed by atoms with Gasteiger partial charge in [0, 0.05) is 27.8 Å². The van der Waals surface area contributed by atoms with E-state index in [4.69, 9.17) is 0 Å². The fourth-order valence-electron chi connectivity index (χ4n) is 1.92. The molecule has 0 aliphatic rings. The maximum atomic E-state index is 12.3. The molecule has 0 bridgehead atoms. The van der Waals surface area contributed by atoms with Crippen molar-refractivity contribution >= 4 is 39.1 Å². The van der Waals surface area contributed by atoms with Gasteiger partial charge in [0.2, 0.25) is 0 Å². The third-order valence-electron chi connectivity index (χ3n) is 2.95. The number of hydrogen-bond donors (Lipinski definition) is 1. The molecule has 0 aliphatic heterocycles. The molecule has 0 spiro atoms. The molecule has 1 unspecified atom stereocenters. The lowest BCUT2D eigenvalue weighted by Gasteiger charge is -2.16. The summed E-state index contributed by atoms with van der Waals surface area (Å²) in [6.45, 7) is 6.24. The summed E-state index contributed by atoms with van der Waals surface area (Å²) in [5.74, 6) is 0.753. The van der Waals surface area contributed by atoms with Crippen molar-refractivity contribution in [1.29, 1.82) is 0 Å². The van der Waals surface area contributed by atoms with Gasteiger partial charge in [-0.2, -0.15) is 0 Å².